The molecule has 0 bridgehead atoms. The fourth-order valence-electron chi connectivity index (χ4n) is 4.21. The third-order valence-electron chi connectivity index (χ3n) is 5.85. The van der Waals surface area contributed by atoms with Crippen molar-refractivity contribution in [3.8, 4) is 34.1 Å². The van der Waals surface area contributed by atoms with Gasteiger partial charge < -0.3 is 8.92 Å². The Morgan fingerprint density at radius 1 is 1.13 bits per heavy atom. The second-order valence-corrected chi connectivity index (χ2v) is 11.5. The SMILES string of the molecule is CC(C)Oc1cc(F)ccc1-c1c(-c2cc3n(n2)CCN(C)C3)nc(OS(=O)(=O)C(F)(F)F)c2ccsc12. The lowest BCUT2D eigenvalue weighted by atomic mass is 9.99. The van der Waals surface area contributed by atoms with E-state index in [1.165, 1.54) is 24.3 Å². The summed E-state index contributed by atoms with van der Waals surface area (Å²) in [7, 11) is -4.06. The van der Waals surface area contributed by atoms with Crippen molar-refractivity contribution in [3.05, 3.63) is 47.2 Å². The molecular formula is C24H22F4N4O4S2. The maximum absolute atomic E-state index is 14.2. The van der Waals surface area contributed by atoms with Crippen LogP contribution >= 0.6 is 11.3 Å². The van der Waals surface area contributed by atoms with Gasteiger partial charge in [0.05, 0.1) is 23.7 Å². The van der Waals surface area contributed by atoms with E-state index in [1.54, 1.807) is 30.0 Å². The lowest BCUT2D eigenvalue weighted by Crippen LogP contribution is -2.30. The number of nitrogens with zero attached hydrogens (tertiary/aromatic N) is 4. The minimum atomic E-state index is -6.00. The van der Waals surface area contributed by atoms with Crippen LogP contribution in [0.1, 0.15) is 19.5 Å². The normalized spacial score (nSPS) is 14.7. The molecule has 0 atom stereocenters. The van der Waals surface area contributed by atoms with Gasteiger partial charge in [0.15, 0.2) is 0 Å². The minimum Gasteiger partial charge on any atom is -0.490 e. The summed E-state index contributed by atoms with van der Waals surface area (Å²) in [6.07, 6.45) is -0.319. The Morgan fingerprint density at radius 2 is 1.89 bits per heavy atom. The number of ether oxygens (including phenoxy) is 1. The van der Waals surface area contributed by atoms with Gasteiger partial charge in [0.2, 0.25) is 5.88 Å². The molecule has 1 aliphatic heterocycles. The van der Waals surface area contributed by atoms with Gasteiger partial charge in [-0.15, -0.1) is 11.3 Å². The van der Waals surface area contributed by atoms with E-state index in [9.17, 15) is 26.0 Å². The molecule has 0 radical (unpaired) electrons. The molecule has 0 saturated heterocycles. The van der Waals surface area contributed by atoms with Crippen molar-refractivity contribution >= 4 is 31.5 Å². The molecule has 4 aromatic rings. The first-order valence-corrected chi connectivity index (χ1v) is 13.8. The van der Waals surface area contributed by atoms with Crippen LogP contribution in [0.4, 0.5) is 17.6 Å². The van der Waals surface area contributed by atoms with Crippen LogP contribution in [0, 0.1) is 5.82 Å². The summed E-state index contributed by atoms with van der Waals surface area (Å²) in [5, 5.41) is 6.24. The molecule has 202 valence electrons. The molecule has 8 nitrogen and oxygen atoms in total. The molecular weight excluding hydrogens is 548 g/mol. The molecule has 0 fully saturated rings. The Bertz CT molecular complexity index is 1630. The van der Waals surface area contributed by atoms with Crippen LogP contribution in [0.5, 0.6) is 11.6 Å². The van der Waals surface area contributed by atoms with E-state index in [1.807, 2.05) is 7.05 Å². The van der Waals surface area contributed by atoms with Crippen molar-refractivity contribution in [1.82, 2.24) is 19.7 Å². The number of aromatic nitrogens is 3. The number of halogens is 4. The fraction of sp³-hybridized carbons (Fsp3) is 0.333. The molecule has 0 saturated carbocycles. The van der Waals surface area contributed by atoms with Crippen molar-refractivity contribution < 1.29 is 34.9 Å². The van der Waals surface area contributed by atoms with Crippen LogP contribution in [0.25, 0.3) is 32.6 Å². The van der Waals surface area contributed by atoms with Crippen LogP contribution in [-0.2, 0) is 23.2 Å². The Morgan fingerprint density at radius 3 is 2.61 bits per heavy atom. The Balaban J connectivity index is 1.81. The molecule has 0 N–H and O–H groups in total. The zero-order valence-electron chi connectivity index (χ0n) is 20.4. The predicted octanol–water partition coefficient (Wildman–Crippen LogP) is 5.43. The number of likely N-dealkylation sites (N-methyl/N-ethyl adjacent to an activating group) is 1. The second kappa shape index (κ2) is 9.50. The molecule has 14 heteroatoms. The molecule has 3 aromatic heterocycles. The van der Waals surface area contributed by atoms with Gasteiger partial charge in [-0.2, -0.15) is 26.7 Å². The average Bonchev–Trinajstić information content (AvgIpc) is 3.45. The molecule has 5 rings (SSSR count). The number of rotatable bonds is 6. The molecule has 38 heavy (non-hydrogen) atoms. The van der Waals surface area contributed by atoms with E-state index in [-0.39, 0.29) is 22.9 Å². The number of hydrogen-bond acceptors (Lipinski definition) is 8. The highest BCUT2D eigenvalue weighted by Crippen LogP contribution is 2.46. The highest BCUT2D eigenvalue weighted by Gasteiger charge is 2.49. The maximum atomic E-state index is 14.2. The summed E-state index contributed by atoms with van der Waals surface area (Å²) in [4.78, 5) is 6.37. The van der Waals surface area contributed by atoms with E-state index >= 15 is 0 Å². The number of hydrogen-bond donors (Lipinski definition) is 0. The van der Waals surface area contributed by atoms with Gasteiger partial charge in [0, 0.05) is 35.0 Å². The van der Waals surface area contributed by atoms with Crippen molar-refractivity contribution in [1.29, 1.82) is 0 Å². The van der Waals surface area contributed by atoms with Gasteiger partial charge in [-0.3, -0.25) is 9.58 Å². The van der Waals surface area contributed by atoms with E-state index in [2.05, 4.69) is 19.2 Å². The molecule has 0 aliphatic carbocycles. The van der Waals surface area contributed by atoms with E-state index in [0.29, 0.717) is 34.6 Å². The zero-order chi connectivity index (χ0) is 27.4. The van der Waals surface area contributed by atoms with Crippen molar-refractivity contribution in [2.24, 2.45) is 0 Å². The number of alkyl halides is 3. The van der Waals surface area contributed by atoms with E-state index in [0.717, 1.165) is 23.6 Å². The van der Waals surface area contributed by atoms with Crippen molar-refractivity contribution in [2.45, 2.75) is 38.5 Å². The number of fused-ring (bicyclic) bond motifs is 2. The Hall–Kier alpha value is -3.23. The van der Waals surface area contributed by atoms with Crippen LogP contribution in [-0.4, -0.2) is 53.3 Å². The van der Waals surface area contributed by atoms with Crippen LogP contribution in [0.2, 0.25) is 0 Å². The minimum absolute atomic E-state index is 0.0464. The molecule has 0 spiro atoms. The average molecular weight is 571 g/mol. The summed E-state index contributed by atoms with van der Waals surface area (Å²) >= 11 is 1.14. The quantitative estimate of drug-likeness (QED) is 0.174. The van der Waals surface area contributed by atoms with Crippen LogP contribution < -0.4 is 8.92 Å². The smallest absolute Gasteiger partial charge is 0.490 e. The van der Waals surface area contributed by atoms with Crippen molar-refractivity contribution in [3.63, 3.8) is 0 Å². The number of benzene rings is 1. The molecule has 1 aliphatic rings. The van der Waals surface area contributed by atoms with Gasteiger partial charge in [-0.1, -0.05) is 0 Å². The summed E-state index contributed by atoms with van der Waals surface area (Å²) in [6.45, 7) is 5.43. The summed E-state index contributed by atoms with van der Waals surface area (Å²) in [5.74, 6) is -1.08. The second-order valence-electron chi connectivity index (χ2n) is 9.08. The lowest BCUT2D eigenvalue weighted by Gasteiger charge is -2.22. The first-order chi connectivity index (χ1) is 17.8. The molecule has 0 amide bonds. The lowest BCUT2D eigenvalue weighted by molar-refractivity contribution is -0.0500. The van der Waals surface area contributed by atoms with Gasteiger partial charge in [0.1, 0.15) is 23.0 Å². The third-order valence-corrected chi connectivity index (χ3v) is 7.73. The number of pyridine rings is 1. The monoisotopic (exact) mass is 570 g/mol. The maximum Gasteiger partial charge on any atom is 0.534 e. The fourth-order valence-corrected chi connectivity index (χ4v) is 5.59. The highest BCUT2D eigenvalue weighted by molar-refractivity contribution is 7.88. The third kappa shape index (κ3) is 4.83. The van der Waals surface area contributed by atoms with Crippen molar-refractivity contribution in [2.75, 3.05) is 13.6 Å². The molecule has 4 heterocycles. The van der Waals surface area contributed by atoms with Crippen LogP contribution in [0.3, 0.4) is 0 Å². The zero-order valence-corrected chi connectivity index (χ0v) is 22.0. The summed E-state index contributed by atoms with van der Waals surface area (Å²) < 4.78 is 90.3. The highest BCUT2D eigenvalue weighted by atomic mass is 32.2. The standard InChI is InChI=1S/C24H22F4N4O4S2/c1-13(2)35-19-10-14(25)4-5-16(19)20-21(18-11-15-12-31(3)7-8-32(15)30-18)29-23(17-6-9-37-22(17)20)36-38(33,34)24(26,27)28/h4-6,9-11,13H,7-8,12H2,1-3H3. The summed E-state index contributed by atoms with van der Waals surface area (Å²) in [5.41, 5.74) is -3.60. The first-order valence-electron chi connectivity index (χ1n) is 11.5. The molecule has 1 aromatic carbocycles. The number of thiophene rings is 1. The van der Waals surface area contributed by atoms with Gasteiger partial charge in [-0.05, 0) is 50.5 Å². The largest absolute Gasteiger partial charge is 0.534 e. The van der Waals surface area contributed by atoms with Gasteiger partial charge in [-0.25, -0.2) is 9.37 Å². The summed E-state index contributed by atoms with van der Waals surface area (Å²) in [6, 6.07) is 7.10. The van der Waals surface area contributed by atoms with Crippen LogP contribution in [0.15, 0.2) is 35.7 Å². The van der Waals surface area contributed by atoms with E-state index < -0.39 is 27.3 Å². The van der Waals surface area contributed by atoms with Gasteiger partial charge >= 0.3 is 15.6 Å². The Kier molecular flexibility index (Phi) is 6.60. The predicted molar refractivity (Wildman–Crippen MR) is 134 cm³/mol. The first kappa shape index (κ1) is 26.4. The molecule has 0 unspecified atom stereocenters. The van der Waals surface area contributed by atoms with Gasteiger partial charge in [0.25, 0.3) is 0 Å². The van der Waals surface area contributed by atoms with E-state index in [4.69, 9.17) is 4.74 Å². The Labute approximate surface area is 219 Å². The topological polar surface area (TPSA) is 86.5 Å².